The predicted octanol–water partition coefficient (Wildman–Crippen LogP) is -1.28. The van der Waals surface area contributed by atoms with Crippen LogP contribution in [0.15, 0.2) is 24.3 Å². The van der Waals surface area contributed by atoms with Crippen LogP contribution in [0, 0.1) is 10.1 Å². The molecule has 20 heavy (non-hydrogen) atoms. The zero-order chi connectivity index (χ0) is 15.3. The van der Waals surface area contributed by atoms with Crippen molar-refractivity contribution < 1.29 is 35.2 Å². The molecular weight excluding hydrogens is 274 g/mol. The Kier molecular flexibility index (Phi) is 5.80. The summed E-state index contributed by atoms with van der Waals surface area (Å²) in [6.07, 6.45) is -4.76. The number of ether oxygens (including phenoxy) is 1. The summed E-state index contributed by atoms with van der Waals surface area (Å²) in [5.41, 5.74) is -0.0159. The van der Waals surface area contributed by atoms with Crippen molar-refractivity contribution in [2.75, 3.05) is 6.61 Å². The molecule has 9 nitrogen and oxygen atoms in total. The largest absolute Gasteiger partial charge is 0.508 e. The van der Waals surface area contributed by atoms with E-state index in [1.807, 2.05) is 0 Å². The van der Waals surface area contributed by atoms with Gasteiger partial charge in [-0.15, -0.1) is 0 Å². The molecule has 9 heteroatoms. The number of non-ortho nitro benzene ring substituents is 1. The van der Waals surface area contributed by atoms with Gasteiger partial charge in [-0.1, -0.05) is 0 Å². The number of hydrogen-bond acceptors (Lipinski definition) is 8. The van der Waals surface area contributed by atoms with E-state index in [4.69, 9.17) is 25.5 Å². The van der Waals surface area contributed by atoms with Crippen LogP contribution in [0.4, 0.5) is 5.69 Å². The third-order valence-corrected chi connectivity index (χ3v) is 2.58. The number of nitro benzene ring substituents is 1. The lowest BCUT2D eigenvalue weighted by Crippen LogP contribution is -2.33. The number of phenolic OH excluding ortho intramolecular Hbond substituents is 1. The van der Waals surface area contributed by atoms with Crippen molar-refractivity contribution in [1.29, 1.82) is 0 Å². The van der Waals surface area contributed by atoms with Crippen molar-refractivity contribution in [2.24, 2.45) is 0 Å². The summed E-state index contributed by atoms with van der Waals surface area (Å²) in [7, 11) is 0. The van der Waals surface area contributed by atoms with Gasteiger partial charge in [0.25, 0.3) is 5.69 Å². The monoisotopic (exact) mass is 289 g/mol. The smallest absolute Gasteiger partial charge is 0.269 e. The Morgan fingerprint density at radius 1 is 1.15 bits per heavy atom. The molecule has 0 saturated carbocycles. The molecule has 2 rings (SSSR count). The molecule has 0 spiro atoms. The van der Waals surface area contributed by atoms with Crippen LogP contribution >= 0.6 is 0 Å². The molecule has 1 aromatic rings. The first-order valence-electron chi connectivity index (χ1n) is 5.60. The molecule has 1 aromatic carbocycles. The Labute approximate surface area is 113 Å². The van der Waals surface area contributed by atoms with Gasteiger partial charge in [0.05, 0.1) is 11.5 Å². The Morgan fingerprint density at radius 3 is 2.00 bits per heavy atom. The Bertz CT molecular complexity index is 437. The molecule has 0 bridgehead atoms. The highest BCUT2D eigenvalue weighted by Crippen LogP contribution is 2.18. The summed E-state index contributed by atoms with van der Waals surface area (Å²) >= 11 is 0. The number of aromatic hydroxyl groups is 1. The SMILES string of the molecule is O=[N+]([O-])c1ccc(O)cc1.OC[C@H]1O[C@H](O)[C@@H](O)[C@@H]1O. The molecule has 1 saturated heterocycles. The molecule has 4 atom stereocenters. The molecule has 5 N–H and O–H groups in total. The van der Waals surface area contributed by atoms with E-state index in [1.165, 1.54) is 24.3 Å². The molecule has 1 heterocycles. The Balaban J connectivity index is 0.000000200. The van der Waals surface area contributed by atoms with E-state index in [2.05, 4.69) is 4.74 Å². The number of nitrogens with zero attached hydrogens (tertiary/aromatic N) is 1. The maximum atomic E-state index is 10.0. The topological polar surface area (TPSA) is 154 Å². The highest BCUT2D eigenvalue weighted by molar-refractivity contribution is 5.34. The van der Waals surface area contributed by atoms with E-state index in [0.717, 1.165) is 0 Å². The van der Waals surface area contributed by atoms with Crippen LogP contribution in [-0.4, -0.2) is 61.7 Å². The second-order valence-corrected chi connectivity index (χ2v) is 4.00. The fourth-order valence-corrected chi connectivity index (χ4v) is 1.45. The van der Waals surface area contributed by atoms with Gasteiger partial charge in [-0.3, -0.25) is 10.1 Å². The summed E-state index contributed by atoms with van der Waals surface area (Å²) in [5.74, 6) is 0.0330. The summed E-state index contributed by atoms with van der Waals surface area (Å²) in [6, 6.07) is 5.04. The van der Waals surface area contributed by atoms with Gasteiger partial charge in [-0.25, -0.2) is 0 Å². The van der Waals surface area contributed by atoms with Crippen LogP contribution in [0.1, 0.15) is 0 Å². The van der Waals surface area contributed by atoms with Gasteiger partial charge in [0.2, 0.25) is 0 Å². The fraction of sp³-hybridized carbons (Fsp3) is 0.455. The van der Waals surface area contributed by atoms with Crippen molar-refractivity contribution in [3.63, 3.8) is 0 Å². The molecule has 0 aromatic heterocycles. The van der Waals surface area contributed by atoms with Gasteiger partial charge in [-0.2, -0.15) is 0 Å². The standard InChI is InChI=1S/C6H5NO3.C5H10O5/c8-6-3-1-5(2-4-6)7(9)10;6-1-2-3(7)4(8)5(9)10-2/h1-4,8H;2-9H,1H2/t;2-,3-,4+,5+/m.1/s1. The number of benzene rings is 1. The summed E-state index contributed by atoms with van der Waals surface area (Å²) < 4.78 is 4.54. The third kappa shape index (κ3) is 4.11. The molecule has 0 unspecified atom stereocenters. The number of nitro groups is 1. The fourth-order valence-electron chi connectivity index (χ4n) is 1.45. The van der Waals surface area contributed by atoms with Crippen molar-refractivity contribution in [3.8, 4) is 5.75 Å². The number of aliphatic hydroxyl groups is 4. The van der Waals surface area contributed by atoms with Crippen LogP contribution < -0.4 is 0 Å². The second kappa shape index (κ2) is 7.12. The van der Waals surface area contributed by atoms with Gasteiger partial charge < -0.3 is 30.3 Å². The second-order valence-electron chi connectivity index (χ2n) is 4.00. The van der Waals surface area contributed by atoms with Crippen LogP contribution in [0.2, 0.25) is 0 Å². The minimum atomic E-state index is -1.38. The first-order valence-corrected chi connectivity index (χ1v) is 5.60. The minimum Gasteiger partial charge on any atom is -0.508 e. The van der Waals surface area contributed by atoms with Crippen LogP contribution in [0.5, 0.6) is 5.75 Å². The quantitative estimate of drug-likeness (QED) is 0.333. The first-order chi connectivity index (χ1) is 9.36. The van der Waals surface area contributed by atoms with Gasteiger partial charge in [0.15, 0.2) is 6.29 Å². The highest BCUT2D eigenvalue weighted by Gasteiger charge is 2.41. The zero-order valence-electron chi connectivity index (χ0n) is 10.2. The molecule has 1 aliphatic heterocycles. The van der Waals surface area contributed by atoms with Crippen molar-refractivity contribution in [2.45, 2.75) is 24.6 Å². The van der Waals surface area contributed by atoms with Crippen LogP contribution in [-0.2, 0) is 4.74 Å². The lowest BCUT2D eigenvalue weighted by Gasteiger charge is -2.09. The van der Waals surface area contributed by atoms with E-state index in [1.54, 1.807) is 0 Å². The summed E-state index contributed by atoms with van der Waals surface area (Å²) in [5, 5.41) is 53.7. The van der Waals surface area contributed by atoms with Gasteiger partial charge in [0, 0.05) is 12.1 Å². The molecular formula is C11H15NO8. The van der Waals surface area contributed by atoms with Crippen LogP contribution in [0.3, 0.4) is 0 Å². The van der Waals surface area contributed by atoms with Gasteiger partial charge >= 0.3 is 0 Å². The maximum Gasteiger partial charge on any atom is 0.269 e. The molecule has 112 valence electrons. The van der Waals surface area contributed by atoms with E-state index in [-0.39, 0.29) is 11.4 Å². The lowest BCUT2D eigenvalue weighted by atomic mass is 10.1. The molecule has 0 amide bonds. The molecule has 1 fully saturated rings. The average Bonchev–Trinajstić information content (AvgIpc) is 2.67. The number of rotatable bonds is 2. The summed E-state index contributed by atoms with van der Waals surface area (Å²) in [4.78, 5) is 9.52. The molecule has 1 aliphatic rings. The Hall–Kier alpha value is -1.78. The highest BCUT2D eigenvalue weighted by atomic mass is 16.6. The molecule has 0 radical (unpaired) electrons. The third-order valence-electron chi connectivity index (χ3n) is 2.58. The molecule has 0 aliphatic carbocycles. The number of hydrogen-bond donors (Lipinski definition) is 5. The van der Waals surface area contributed by atoms with Crippen molar-refractivity contribution in [3.05, 3.63) is 34.4 Å². The first kappa shape index (κ1) is 16.3. The number of phenols is 1. The zero-order valence-corrected chi connectivity index (χ0v) is 10.2. The van der Waals surface area contributed by atoms with E-state index in [9.17, 15) is 10.1 Å². The van der Waals surface area contributed by atoms with E-state index >= 15 is 0 Å². The van der Waals surface area contributed by atoms with Crippen molar-refractivity contribution >= 4 is 5.69 Å². The summed E-state index contributed by atoms with van der Waals surface area (Å²) in [6.45, 7) is -0.407. The minimum absolute atomic E-state index is 0.0159. The van der Waals surface area contributed by atoms with Crippen molar-refractivity contribution in [1.82, 2.24) is 0 Å². The van der Waals surface area contributed by atoms with Gasteiger partial charge in [-0.05, 0) is 12.1 Å². The lowest BCUT2D eigenvalue weighted by molar-refractivity contribution is -0.384. The number of aliphatic hydroxyl groups excluding tert-OH is 4. The van der Waals surface area contributed by atoms with E-state index < -0.39 is 36.1 Å². The van der Waals surface area contributed by atoms with Crippen LogP contribution in [0.25, 0.3) is 0 Å². The Morgan fingerprint density at radius 2 is 1.70 bits per heavy atom. The predicted molar refractivity (Wildman–Crippen MR) is 64.7 cm³/mol. The van der Waals surface area contributed by atoms with Gasteiger partial charge in [0.1, 0.15) is 24.1 Å². The van der Waals surface area contributed by atoms with E-state index in [0.29, 0.717) is 0 Å². The normalized spacial score (nSPS) is 28.6. The average molecular weight is 289 g/mol. The maximum absolute atomic E-state index is 10.0.